The Morgan fingerprint density at radius 3 is 2.12 bits per heavy atom. The van der Waals surface area contributed by atoms with Crippen molar-refractivity contribution in [2.75, 3.05) is 35.3 Å². The van der Waals surface area contributed by atoms with Crippen molar-refractivity contribution in [3.05, 3.63) is 24.3 Å². The molecule has 372 valence electrons. The van der Waals surface area contributed by atoms with Gasteiger partial charge in [-0.25, -0.2) is 0 Å². The van der Waals surface area contributed by atoms with Gasteiger partial charge < -0.3 is 72.2 Å². The Bertz CT molecular complexity index is 1590. The monoisotopic (exact) mass is 927 g/mol. The first-order valence-electron chi connectivity index (χ1n) is 23.1. The number of cyclic esters (lactones) is 1. The van der Waals surface area contributed by atoms with Gasteiger partial charge in [0.2, 0.25) is 0 Å². The van der Waals surface area contributed by atoms with Crippen molar-refractivity contribution in [1.29, 1.82) is 0 Å². The molecule has 0 saturated carbocycles. The maximum atomic E-state index is 13.5. The third-order valence-corrected chi connectivity index (χ3v) is 12.9. The predicted molar refractivity (Wildman–Crippen MR) is 236 cm³/mol. The van der Waals surface area contributed by atoms with Gasteiger partial charge in [-0.1, -0.05) is 31.2 Å². The Labute approximate surface area is 385 Å². The van der Waals surface area contributed by atoms with Crippen molar-refractivity contribution in [3.63, 3.8) is 0 Å². The van der Waals surface area contributed by atoms with Gasteiger partial charge in [-0.2, -0.15) is 0 Å². The van der Waals surface area contributed by atoms with E-state index in [0.717, 1.165) is 12.7 Å². The number of likely N-dealkylation sites (N-methyl/N-ethyl adjacent to an activating group) is 2. The number of methoxy groups -OCH3 is 1. The van der Waals surface area contributed by atoms with Crippen molar-refractivity contribution < 1.29 is 76.8 Å². The van der Waals surface area contributed by atoms with Gasteiger partial charge >= 0.3 is 17.9 Å². The van der Waals surface area contributed by atoms with Crippen LogP contribution in [-0.4, -0.2) is 183 Å². The minimum Gasteiger partial charge on any atom is -0.462 e. The third-order valence-electron chi connectivity index (χ3n) is 12.9. The number of ether oxygens (including phenoxy) is 10. The number of hydrogen-bond acceptors (Lipinski definition) is 18. The predicted octanol–water partition coefficient (Wildman–Crippen LogP) is 3.47. The minimum absolute atomic E-state index is 0.0464. The molecule has 3 fully saturated rings. The Morgan fingerprint density at radius 2 is 1.54 bits per heavy atom. The van der Waals surface area contributed by atoms with Crippen LogP contribution in [0.4, 0.5) is 0 Å². The van der Waals surface area contributed by atoms with Gasteiger partial charge in [0, 0.05) is 46.3 Å². The van der Waals surface area contributed by atoms with Crippen LogP contribution in [-0.2, 0) is 66.5 Å². The van der Waals surface area contributed by atoms with Crippen LogP contribution < -0.4 is 0 Å². The molecule has 4 heterocycles. The van der Waals surface area contributed by atoms with Crippen molar-refractivity contribution in [2.24, 2.45) is 11.8 Å². The molecule has 65 heavy (non-hydrogen) atoms. The number of esters is 3. The van der Waals surface area contributed by atoms with E-state index in [2.05, 4.69) is 4.90 Å². The second-order valence-electron chi connectivity index (χ2n) is 19.0. The average molecular weight is 927 g/mol. The van der Waals surface area contributed by atoms with E-state index < -0.39 is 122 Å². The summed E-state index contributed by atoms with van der Waals surface area (Å²) < 4.78 is 62.1. The lowest BCUT2D eigenvalue weighted by Gasteiger charge is -2.50. The Balaban J connectivity index is 1.72. The zero-order chi connectivity index (χ0) is 48.3. The number of carbonyl (C=O) groups is 4. The fourth-order valence-corrected chi connectivity index (χ4v) is 9.80. The SMILES string of the molecule is COC1C(OC(C)=O)CC(=O)OC(C)C/C=C/C=C\C(OC2CCC(N(C)C)C(C)O2)C(C)CC(CC=O)C1OC1OC(C)C(OC2CC(C)(O)C(OC(C)=O)C(C)O2)C(N(C)C)C1O. The molecule has 0 bridgehead atoms. The van der Waals surface area contributed by atoms with Crippen LogP contribution in [0.25, 0.3) is 0 Å². The van der Waals surface area contributed by atoms with E-state index in [1.54, 1.807) is 46.7 Å². The fourth-order valence-electron chi connectivity index (χ4n) is 9.80. The summed E-state index contributed by atoms with van der Waals surface area (Å²) in [4.78, 5) is 54.6. The summed E-state index contributed by atoms with van der Waals surface area (Å²) >= 11 is 0. The number of rotatable bonds is 13. The zero-order valence-corrected chi connectivity index (χ0v) is 40.7. The molecule has 0 aromatic heterocycles. The number of aldehydes is 1. The van der Waals surface area contributed by atoms with Gasteiger partial charge in [-0.05, 0) is 93.9 Å². The molecule has 0 aromatic rings. The molecule has 0 aliphatic carbocycles. The van der Waals surface area contributed by atoms with Crippen molar-refractivity contribution in [1.82, 2.24) is 9.80 Å². The molecule has 19 atom stereocenters. The number of nitrogens with zero attached hydrogens (tertiary/aromatic N) is 2. The lowest BCUT2D eigenvalue weighted by Crippen LogP contribution is -2.66. The van der Waals surface area contributed by atoms with Crippen LogP contribution in [0.2, 0.25) is 0 Å². The Hall–Kier alpha value is -2.88. The number of aliphatic hydroxyl groups is 2. The maximum Gasteiger partial charge on any atom is 0.309 e. The standard InChI is InChI=1S/C47H78N2O16/c1-26-23-33(21-22-50)43(65-46-41(54)40(49(11)12)42(29(4)60-46)64-39-25-47(8,55)45(30(5)59-39)62-32(7)52)44(56-13)36(61-31(6)51)24-37(53)57-27(2)17-15-14-16-18-35(26)63-38-20-19-34(48(9)10)28(3)58-38/h14-16,18,22,26-30,33-36,38-46,54-55H,17,19-21,23-25H2,1-13H3/b15-14+,18-16-. The molecule has 3 saturated heterocycles. The maximum absolute atomic E-state index is 13.5. The number of aliphatic hydroxyl groups excluding tert-OH is 1. The van der Waals surface area contributed by atoms with Crippen LogP contribution in [0.5, 0.6) is 0 Å². The van der Waals surface area contributed by atoms with Crippen LogP contribution in [0.3, 0.4) is 0 Å². The molecule has 0 spiro atoms. The fraction of sp³-hybridized carbons (Fsp3) is 0.830. The molecular formula is C47H78N2O16. The summed E-state index contributed by atoms with van der Waals surface area (Å²) in [5, 5.41) is 23.6. The summed E-state index contributed by atoms with van der Waals surface area (Å²) in [6.45, 7) is 13.3. The summed E-state index contributed by atoms with van der Waals surface area (Å²) in [5.74, 6) is -2.81. The van der Waals surface area contributed by atoms with Crippen molar-refractivity contribution in [3.8, 4) is 0 Å². The number of hydrogen-bond donors (Lipinski definition) is 2. The first kappa shape index (κ1) is 54.7. The van der Waals surface area contributed by atoms with E-state index in [1.807, 2.05) is 52.2 Å². The first-order valence-corrected chi connectivity index (χ1v) is 23.1. The summed E-state index contributed by atoms with van der Waals surface area (Å²) in [5.41, 5.74) is -1.49. The van der Waals surface area contributed by atoms with E-state index in [-0.39, 0.29) is 30.9 Å². The number of carbonyl (C=O) groups excluding carboxylic acids is 4. The molecule has 4 rings (SSSR count). The van der Waals surface area contributed by atoms with E-state index >= 15 is 0 Å². The van der Waals surface area contributed by atoms with Gasteiger partial charge in [0.25, 0.3) is 0 Å². The van der Waals surface area contributed by atoms with Crippen LogP contribution in [0.1, 0.15) is 100 Å². The second-order valence-corrected chi connectivity index (χ2v) is 19.0. The Morgan fingerprint density at radius 1 is 0.862 bits per heavy atom. The lowest BCUT2D eigenvalue weighted by molar-refractivity contribution is -0.344. The van der Waals surface area contributed by atoms with Crippen LogP contribution in [0.15, 0.2) is 24.3 Å². The highest BCUT2D eigenvalue weighted by molar-refractivity contribution is 5.72. The van der Waals surface area contributed by atoms with Crippen molar-refractivity contribution in [2.45, 2.75) is 204 Å². The second kappa shape index (κ2) is 24.9. The molecule has 4 aliphatic rings. The normalized spacial score (nSPS) is 42.4. The molecular weight excluding hydrogens is 849 g/mol. The number of allylic oxidation sites excluding steroid dienone is 2. The van der Waals surface area contributed by atoms with Crippen molar-refractivity contribution >= 4 is 24.2 Å². The lowest BCUT2D eigenvalue weighted by atomic mass is 9.82. The quantitative estimate of drug-likeness (QED) is 0.154. The van der Waals surface area contributed by atoms with Gasteiger partial charge in [-0.3, -0.25) is 14.4 Å². The topological polar surface area (TPSA) is 208 Å². The van der Waals surface area contributed by atoms with Gasteiger partial charge in [-0.15, -0.1) is 0 Å². The van der Waals surface area contributed by atoms with Gasteiger partial charge in [0.15, 0.2) is 25.0 Å². The summed E-state index contributed by atoms with van der Waals surface area (Å²) in [7, 11) is 8.99. The van der Waals surface area contributed by atoms with Gasteiger partial charge in [0.1, 0.15) is 42.4 Å². The first-order chi connectivity index (χ1) is 30.6. The largest absolute Gasteiger partial charge is 0.462 e. The summed E-state index contributed by atoms with van der Waals surface area (Å²) in [6.07, 6.45) is -1.93. The molecule has 0 amide bonds. The van der Waals surface area contributed by atoms with Crippen LogP contribution in [0, 0.1) is 11.8 Å². The molecule has 0 radical (unpaired) electrons. The Kier molecular flexibility index (Phi) is 21.0. The van der Waals surface area contributed by atoms with E-state index in [0.29, 0.717) is 19.3 Å². The highest BCUT2D eigenvalue weighted by atomic mass is 16.7. The molecule has 19 unspecified atom stereocenters. The van der Waals surface area contributed by atoms with E-state index in [4.69, 9.17) is 47.4 Å². The smallest absolute Gasteiger partial charge is 0.309 e. The van der Waals surface area contributed by atoms with E-state index in [9.17, 15) is 29.4 Å². The minimum atomic E-state index is -1.49. The average Bonchev–Trinajstić information content (AvgIpc) is 3.19. The van der Waals surface area contributed by atoms with E-state index in [1.165, 1.54) is 21.0 Å². The molecule has 18 nitrogen and oxygen atoms in total. The zero-order valence-electron chi connectivity index (χ0n) is 40.7. The summed E-state index contributed by atoms with van der Waals surface area (Å²) in [6, 6.07) is -0.544. The molecule has 18 heteroatoms. The highest BCUT2D eigenvalue weighted by Gasteiger charge is 2.53. The van der Waals surface area contributed by atoms with Crippen LogP contribution >= 0.6 is 0 Å². The molecule has 4 aliphatic heterocycles. The van der Waals surface area contributed by atoms with Gasteiger partial charge in [0.05, 0.1) is 43.0 Å². The highest BCUT2D eigenvalue weighted by Crippen LogP contribution is 2.38. The third kappa shape index (κ3) is 15.3. The molecule has 2 N–H and O–H groups in total. The molecule has 0 aromatic carbocycles.